The Morgan fingerprint density at radius 1 is 1.33 bits per heavy atom. The lowest BCUT2D eigenvalue weighted by molar-refractivity contribution is 0.326. The molecule has 0 spiro atoms. The number of nitrogens with zero attached hydrogens (tertiary/aromatic N) is 1. The molecule has 0 aliphatic carbocycles. The summed E-state index contributed by atoms with van der Waals surface area (Å²) in [6.45, 7) is 0.281. The van der Waals surface area contributed by atoms with Gasteiger partial charge in [0.15, 0.2) is 0 Å². The molecule has 0 saturated heterocycles. The highest BCUT2D eigenvalue weighted by molar-refractivity contribution is 8.13. The molecule has 4 nitrogen and oxygen atoms in total. The second-order valence-electron chi connectivity index (χ2n) is 2.67. The van der Waals surface area contributed by atoms with Crippen molar-refractivity contribution in [1.29, 1.82) is 5.26 Å². The van der Waals surface area contributed by atoms with Crippen LogP contribution in [0, 0.1) is 11.3 Å². The van der Waals surface area contributed by atoms with Gasteiger partial charge >= 0.3 is 0 Å². The third-order valence-electron chi connectivity index (χ3n) is 1.59. The van der Waals surface area contributed by atoms with Gasteiger partial charge in [-0.2, -0.15) is 5.26 Å². The summed E-state index contributed by atoms with van der Waals surface area (Å²) in [7, 11) is 1.45. The maximum atomic E-state index is 10.9. The number of hydrogen-bond acceptors (Lipinski definition) is 4. The highest BCUT2D eigenvalue weighted by Crippen LogP contribution is 2.18. The van der Waals surface area contributed by atoms with E-state index < -0.39 is 9.05 Å². The number of benzene rings is 1. The molecule has 0 atom stereocenters. The van der Waals surface area contributed by atoms with E-state index in [1.165, 1.54) is 24.3 Å². The first-order valence-corrected chi connectivity index (χ1v) is 6.39. The van der Waals surface area contributed by atoms with Crippen molar-refractivity contribution in [3.8, 4) is 11.8 Å². The Morgan fingerprint density at radius 3 is 2.40 bits per heavy atom. The number of hydrogen-bond donors (Lipinski definition) is 0. The minimum Gasteiger partial charge on any atom is -0.493 e. The molecule has 0 aromatic heterocycles. The molecule has 0 unspecified atom stereocenters. The van der Waals surface area contributed by atoms with E-state index in [4.69, 9.17) is 20.7 Å². The Hall–Kier alpha value is -1.25. The fourth-order valence-corrected chi connectivity index (χ4v) is 1.68. The van der Waals surface area contributed by atoms with E-state index in [1.54, 1.807) is 0 Å². The summed E-state index contributed by atoms with van der Waals surface area (Å²) in [5.74, 6) is 0.509. The van der Waals surface area contributed by atoms with Gasteiger partial charge in [0.2, 0.25) is 0 Å². The van der Waals surface area contributed by atoms with Crippen molar-refractivity contribution in [2.24, 2.45) is 0 Å². The summed E-state index contributed by atoms with van der Waals surface area (Å²) < 4.78 is 26.9. The van der Waals surface area contributed by atoms with Crippen molar-refractivity contribution in [2.45, 2.75) is 11.3 Å². The summed E-state index contributed by atoms with van der Waals surface area (Å²) in [6.07, 6.45) is 0.287. The van der Waals surface area contributed by atoms with E-state index in [2.05, 4.69) is 0 Å². The molecule has 1 aromatic rings. The van der Waals surface area contributed by atoms with Gasteiger partial charge in [0.05, 0.1) is 17.4 Å². The van der Waals surface area contributed by atoms with Crippen LogP contribution in [0.2, 0.25) is 0 Å². The molecule has 0 radical (unpaired) electrons. The monoisotopic (exact) mass is 245 g/mol. The van der Waals surface area contributed by atoms with Crippen LogP contribution in [0.25, 0.3) is 0 Å². The molecule has 0 amide bonds. The Labute approximate surface area is 92.5 Å². The lowest BCUT2D eigenvalue weighted by atomic mass is 10.3. The van der Waals surface area contributed by atoms with Crippen LogP contribution in [-0.2, 0) is 9.05 Å². The van der Waals surface area contributed by atoms with Gasteiger partial charge in [-0.15, -0.1) is 0 Å². The zero-order valence-corrected chi connectivity index (χ0v) is 9.25. The lowest BCUT2D eigenvalue weighted by Gasteiger charge is -2.03. The van der Waals surface area contributed by atoms with Crippen molar-refractivity contribution in [3.05, 3.63) is 24.3 Å². The first-order valence-electron chi connectivity index (χ1n) is 4.08. The average molecular weight is 246 g/mol. The molecular weight excluding hydrogens is 238 g/mol. The molecular formula is C9H8ClNO3S. The molecule has 0 saturated carbocycles. The second kappa shape index (κ2) is 5.01. The Kier molecular flexibility index (Phi) is 3.95. The third-order valence-corrected chi connectivity index (χ3v) is 2.96. The first kappa shape index (κ1) is 11.8. The molecule has 0 fully saturated rings. The van der Waals surface area contributed by atoms with Gasteiger partial charge in [0.1, 0.15) is 12.4 Å². The Balaban J connectivity index is 2.70. The van der Waals surface area contributed by atoms with E-state index in [0.29, 0.717) is 5.75 Å². The van der Waals surface area contributed by atoms with Crippen molar-refractivity contribution >= 4 is 19.7 Å². The summed E-state index contributed by atoms with van der Waals surface area (Å²) >= 11 is 0. The molecule has 15 heavy (non-hydrogen) atoms. The van der Waals surface area contributed by atoms with Crippen LogP contribution in [0.1, 0.15) is 6.42 Å². The van der Waals surface area contributed by atoms with Crippen LogP contribution in [0.4, 0.5) is 0 Å². The SMILES string of the molecule is N#CCCOc1ccc(S(=O)(=O)Cl)cc1. The fourth-order valence-electron chi connectivity index (χ4n) is 0.913. The average Bonchev–Trinajstić information content (AvgIpc) is 2.18. The highest BCUT2D eigenvalue weighted by Gasteiger charge is 2.08. The molecule has 0 heterocycles. The molecule has 80 valence electrons. The maximum absolute atomic E-state index is 10.9. The molecule has 0 aliphatic heterocycles. The van der Waals surface area contributed by atoms with E-state index in [1.807, 2.05) is 6.07 Å². The van der Waals surface area contributed by atoms with Crippen LogP contribution in [0.15, 0.2) is 29.2 Å². The summed E-state index contributed by atoms with van der Waals surface area (Å²) in [6, 6.07) is 7.62. The maximum Gasteiger partial charge on any atom is 0.261 e. The van der Waals surface area contributed by atoms with E-state index in [9.17, 15) is 8.42 Å². The summed E-state index contributed by atoms with van der Waals surface area (Å²) in [4.78, 5) is 0.0248. The highest BCUT2D eigenvalue weighted by atomic mass is 35.7. The molecule has 6 heteroatoms. The summed E-state index contributed by atoms with van der Waals surface area (Å²) in [5.41, 5.74) is 0. The normalized spacial score (nSPS) is 10.7. The molecule has 1 rings (SSSR count). The van der Waals surface area contributed by atoms with Gasteiger partial charge in [-0.05, 0) is 24.3 Å². The Morgan fingerprint density at radius 2 is 1.93 bits per heavy atom. The molecule has 0 N–H and O–H groups in total. The van der Waals surface area contributed by atoms with Crippen molar-refractivity contribution in [3.63, 3.8) is 0 Å². The number of ether oxygens (including phenoxy) is 1. The lowest BCUT2D eigenvalue weighted by Crippen LogP contribution is -1.96. The number of halogens is 1. The van der Waals surface area contributed by atoms with E-state index in [0.717, 1.165) is 0 Å². The minimum atomic E-state index is -3.68. The van der Waals surface area contributed by atoms with Crippen molar-refractivity contribution in [2.75, 3.05) is 6.61 Å². The topological polar surface area (TPSA) is 67.2 Å². The predicted octanol–water partition coefficient (Wildman–Crippen LogP) is 1.91. The van der Waals surface area contributed by atoms with Crippen LogP contribution in [0.3, 0.4) is 0 Å². The van der Waals surface area contributed by atoms with Crippen molar-refractivity contribution < 1.29 is 13.2 Å². The molecule has 0 aliphatic rings. The predicted molar refractivity (Wildman–Crippen MR) is 55.2 cm³/mol. The van der Waals surface area contributed by atoms with Gasteiger partial charge in [-0.3, -0.25) is 0 Å². The van der Waals surface area contributed by atoms with E-state index >= 15 is 0 Å². The summed E-state index contributed by atoms with van der Waals surface area (Å²) in [5, 5.41) is 8.27. The molecule has 0 bridgehead atoms. The largest absolute Gasteiger partial charge is 0.493 e. The van der Waals surface area contributed by atoms with Crippen LogP contribution < -0.4 is 4.74 Å². The van der Waals surface area contributed by atoms with Gasteiger partial charge < -0.3 is 4.74 Å². The molecule has 1 aromatic carbocycles. The fraction of sp³-hybridized carbons (Fsp3) is 0.222. The minimum absolute atomic E-state index is 0.0248. The van der Waals surface area contributed by atoms with Crippen LogP contribution in [0.5, 0.6) is 5.75 Å². The number of rotatable bonds is 4. The Bertz CT molecular complexity index is 461. The number of nitriles is 1. The van der Waals surface area contributed by atoms with Crippen LogP contribution >= 0.6 is 10.7 Å². The van der Waals surface area contributed by atoms with Gasteiger partial charge in [0.25, 0.3) is 9.05 Å². The zero-order chi connectivity index (χ0) is 11.3. The standard InChI is InChI=1S/C9H8ClNO3S/c10-15(12,13)9-4-2-8(3-5-9)14-7-1-6-11/h2-5H,1,7H2. The third kappa shape index (κ3) is 3.78. The van der Waals surface area contributed by atoms with Crippen molar-refractivity contribution in [1.82, 2.24) is 0 Å². The second-order valence-corrected chi connectivity index (χ2v) is 5.23. The smallest absolute Gasteiger partial charge is 0.261 e. The van der Waals surface area contributed by atoms with Gasteiger partial charge in [0, 0.05) is 10.7 Å². The zero-order valence-electron chi connectivity index (χ0n) is 7.68. The van der Waals surface area contributed by atoms with Crippen LogP contribution in [-0.4, -0.2) is 15.0 Å². The first-order chi connectivity index (χ1) is 7.04. The van der Waals surface area contributed by atoms with Gasteiger partial charge in [-0.1, -0.05) is 0 Å². The quantitative estimate of drug-likeness (QED) is 0.600. The van der Waals surface area contributed by atoms with Gasteiger partial charge in [-0.25, -0.2) is 8.42 Å². The van der Waals surface area contributed by atoms with E-state index in [-0.39, 0.29) is 17.9 Å².